The Morgan fingerprint density at radius 1 is 1.53 bits per heavy atom. The summed E-state index contributed by atoms with van der Waals surface area (Å²) in [5.41, 5.74) is 0.687. The van der Waals surface area contributed by atoms with Gasteiger partial charge >= 0.3 is 0 Å². The molecule has 0 atom stereocenters. The van der Waals surface area contributed by atoms with E-state index in [1.54, 1.807) is 0 Å². The predicted molar refractivity (Wildman–Crippen MR) is 77.6 cm³/mol. The molecule has 0 amide bonds. The molecular formula is C13H17N3O2S. The van der Waals surface area contributed by atoms with Crippen molar-refractivity contribution >= 4 is 21.6 Å². The molecule has 0 saturated heterocycles. The highest BCUT2D eigenvalue weighted by molar-refractivity contribution is 7.17. The van der Waals surface area contributed by atoms with Gasteiger partial charge < -0.3 is 15.0 Å². The summed E-state index contributed by atoms with van der Waals surface area (Å²) in [5.74, 6) is 0.655. The molecule has 0 saturated carbocycles. The van der Waals surface area contributed by atoms with E-state index in [1.807, 2.05) is 17.5 Å². The van der Waals surface area contributed by atoms with E-state index >= 15 is 0 Å². The first-order valence-electron chi connectivity index (χ1n) is 6.17. The lowest BCUT2D eigenvalue weighted by atomic mass is 10.4. The Morgan fingerprint density at radius 3 is 3.26 bits per heavy atom. The smallest absolute Gasteiger partial charge is 0.268 e. The van der Waals surface area contributed by atoms with Crippen molar-refractivity contribution in [2.75, 3.05) is 19.8 Å². The second-order valence-electron chi connectivity index (χ2n) is 4.01. The zero-order chi connectivity index (χ0) is 13.5. The topological polar surface area (TPSA) is 67.0 Å². The maximum absolute atomic E-state index is 11.7. The SMILES string of the molecule is C=CCCOCCNCc1nc2ccsc2c(=O)[nH]1. The minimum atomic E-state index is -0.0703. The number of ether oxygens (including phenoxy) is 1. The average Bonchev–Trinajstić information content (AvgIpc) is 2.86. The van der Waals surface area contributed by atoms with Gasteiger partial charge in [0.05, 0.1) is 25.3 Å². The van der Waals surface area contributed by atoms with Gasteiger partial charge in [0.2, 0.25) is 0 Å². The number of nitrogens with zero attached hydrogens (tertiary/aromatic N) is 1. The van der Waals surface area contributed by atoms with Crippen LogP contribution >= 0.6 is 11.3 Å². The maximum Gasteiger partial charge on any atom is 0.268 e. The van der Waals surface area contributed by atoms with Gasteiger partial charge in [-0.15, -0.1) is 17.9 Å². The number of rotatable bonds is 8. The third-order valence-corrected chi connectivity index (χ3v) is 3.45. The molecule has 0 unspecified atom stereocenters. The molecule has 0 aliphatic carbocycles. The Hall–Kier alpha value is -1.50. The summed E-state index contributed by atoms with van der Waals surface area (Å²) < 4.78 is 6.05. The quantitative estimate of drug-likeness (QED) is 0.570. The molecule has 0 aromatic carbocycles. The van der Waals surface area contributed by atoms with Crippen molar-refractivity contribution in [1.29, 1.82) is 0 Å². The number of aromatic nitrogens is 2. The van der Waals surface area contributed by atoms with Crippen molar-refractivity contribution < 1.29 is 4.74 Å². The molecule has 2 heterocycles. The number of aromatic amines is 1. The van der Waals surface area contributed by atoms with Crippen molar-refractivity contribution in [3.05, 3.63) is 40.3 Å². The lowest BCUT2D eigenvalue weighted by Gasteiger charge is -2.05. The fraction of sp³-hybridized carbons (Fsp3) is 0.385. The highest BCUT2D eigenvalue weighted by atomic mass is 32.1. The molecule has 0 bridgehead atoms. The first-order valence-corrected chi connectivity index (χ1v) is 7.05. The molecular weight excluding hydrogens is 262 g/mol. The van der Waals surface area contributed by atoms with Gasteiger partial charge in [0.25, 0.3) is 5.56 Å². The van der Waals surface area contributed by atoms with E-state index < -0.39 is 0 Å². The van der Waals surface area contributed by atoms with Gasteiger partial charge in [-0.25, -0.2) is 4.98 Å². The van der Waals surface area contributed by atoms with Crippen molar-refractivity contribution in [2.45, 2.75) is 13.0 Å². The molecule has 0 radical (unpaired) electrons. The number of H-pyrrole nitrogens is 1. The van der Waals surface area contributed by atoms with Crippen LogP contribution in [0.1, 0.15) is 12.2 Å². The van der Waals surface area contributed by atoms with Crippen LogP contribution in [0, 0.1) is 0 Å². The van der Waals surface area contributed by atoms with Crippen LogP contribution in [0.4, 0.5) is 0 Å². The van der Waals surface area contributed by atoms with E-state index in [4.69, 9.17) is 4.74 Å². The number of hydrogen-bond donors (Lipinski definition) is 2. The van der Waals surface area contributed by atoms with Gasteiger partial charge in [-0.3, -0.25) is 4.79 Å². The van der Waals surface area contributed by atoms with E-state index in [0.29, 0.717) is 30.3 Å². The van der Waals surface area contributed by atoms with Crippen LogP contribution in [0.15, 0.2) is 28.9 Å². The monoisotopic (exact) mass is 279 g/mol. The normalized spacial score (nSPS) is 10.9. The Morgan fingerprint density at radius 2 is 2.42 bits per heavy atom. The van der Waals surface area contributed by atoms with Crippen molar-refractivity contribution in [3.63, 3.8) is 0 Å². The van der Waals surface area contributed by atoms with E-state index in [-0.39, 0.29) is 5.56 Å². The molecule has 2 aromatic rings. The molecule has 5 nitrogen and oxygen atoms in total. The van der Waals surface area contributed by atoms with Crippen LogP contribution in [0.25, 0.3) is 10.2 Å². The molecule has 0 spiro atoms. The molecule has 102 valence electrons. The van der Waals surface area contributed by atoms with E-state index in [0.717, 1.165) is 18.5 Å². The minimum Gasteiger partial charge on any atom is -0.380 e. The summed E-state index contributed by atoms with van der Waals surface area (Å²) in [6.07, 6.45) is 2.70. The molecule has 0 fully saturated rings. The summed E-state index contributed by atoms with van der Waals surface area (Å²) in [5, 5.41) is 5.06. The molecule has 19 heavy (non-hydrogen) atoms. The van der Waals surface area contributed by atoms with E-state index in [1.165, 1.54) is 11.3 Å². The lowest BCUT2D eigenvalue weighted by molar-refractivity contribution is 0.140. The third kappa shape index (κ3) is 3.99. The average molecular weight is 279 g/mol. The standard InChI is InChI=1S/C13H17N3O2S/c1-2-3-6-18-7-5-14-9-11-15-10-4-8-19-12(10)13(17)16-11/h2,4,8,14H,1,3,5-7,9H2,(H,15,16,17). The molecule has 0 aliphatic heterocycles. The lowest BCUT2D eigenvalue weighted by Crippen LogP contribution is -2.22. The van der Waals surface area contributed by atoms with Gasteiger partial charge in [-0.05, 0) is 17.9 Å². The highest BCUT2D eigenvalue weighted by Crippen LogP contribution is 2.13. The second-order valence-corrected chi connectivity index (χ2v) is 4.93. The number of hydrogen-bond acceptors (Lipinski definition) is 5. The van der Waals surface area contributed by atoms with Gasteiger partial charge in [0.1, 0.15) is 10.5 Å². The molecule has 2 rings (SSSR count). The first-order chi connectivity index (χ1) is 9.31. The van der Waals surface area contributed by atoms with Crippen LogP contribution in [0.5, 0.6) is 0 Å². The predicted octanol–water partition coefficient (Wildman–Crippen LogP) is 1.67. The summed E-state index contributed by atoms with van der Waals surface area (Å²) >= 11 is 1.41. The van der Waals surface area contributed by atoms with Gasteiger partial charge in [0.15, 0.2) is 0 Å². The molecule has 2 N–H and O–H groups in total. The fourth-order valence-electron chi connectivity index (χ4n) is 1.63. The van der Waals surface area contributed by atoms with Crippen molar-refractivity contribution in [1.82, 2.24) is 15.3 Å². The summed E-state index contributed by atoms with van der Waals surface area (Å²) in [6.45, 7) is 6.22. The molecule has 0 aliphatic rings. The zero-order valence-corrected chi connectivity index (χ0v) is 11.5. The molecule has 2 aromatic heterocycles. The minimum absolute atomic E-state index is 0.0703. The van der Waals surface area contributed by atoms with Crippen molar-refractivity contribution in [2.24, 2.45) is 0 Å². The number of thiophene rings is 1. The first kappa shape index (κ1) is 13.9. The number of nitrogens with one attached hydrogen (secondary N) is 2. The summed E-state index contributed by atoms with van der Waals surface area (Å²) in [6, 6.07) is 1.86. The summed E-state index contributed by atoms with van der Waals surface area (Å²) in [7, 11) is 0. The van der Waals surface area contributed by atoms with Crippen LogP contribution in [0.3, 0.4) is 0 Å². The van der Waals surface area contributed by atoms with Gasteiger partial charge in [-0.2, -0.15) is 0 Å². The molecule has 6 heteroatoms. The Bertz CT molecular complexity index is 591. The summed E-state index contributed by atoms with van der Waals surface area (Å²) in [4.78, 5) is 18.9. The van der Waals surface area contributed by atoms with Crippen molar-refractivity contribution in [3.8, 4) is 0 Å². The van der Waals surface area contributed by atoms with Crippen LogP contribution in [0.2, 0.25) is 0 Å². The zero-order valence-electron chi connectivity index (χ0n) is 10.6. The van der Waals surface area contributed by atoms with Crippen LogP contribution in [-0.2, 0) is 11.3 Å². The fourth-order valence-corrected chi connectivity index (χ4v) is 2.35. The highest BCUT2D eigenvalue weighted by Gasteiger charge is 2.04. The third-order valence-electron chi connectivity index (χ3n) is 2.55. The van der Waals surface area contributed by atoms with E-state index in [2.05, 4.69) is 21.9 Å². The van der Waals surface area contributed by atoms with Crippen LogP contribution < -0.4 is 10.9 Å². The largest absolute Gasteiger partial charge is 0.380 e. The van der Waals surface area contributed by atoms with Crippen LogP contribution in [-0.4, -0.2) is 29.7 Å². The Kier molecular flexibility index (Phi) is 5.26. The second kappa shape index (κ2) is 7.18. The van der Waals surface area contributed by atoms with Gasteiger partial charge in [-0.1, -0.05) is 6.08 Å². The maximum atomic E-state index is 11.7. The Balaban J connectivity index is 1.78. The Labute approximate surface area is 115 Å². The van der Waals surface area contributed by atoms with Gasteiger partial charge in [0, 0.05) is 6.54 Å². The van der Waals surface area contributed by atoms with E-state index in [9.17, 15) is 4.79 Å². The number of fused-ring (bicyclic) bond motifs is 1.